The van der Waals surface area contributed by atoms with E-state index in [1.54, 1.807) is 0 Å². The molecule has 0 spiro atoms. The fourth-order valence-electron chi connectivity index (χ4n) is 2.51. The lowest BCUT2D eigenvalue weighted by Crippen LogP contribution is -2.10. The summed E-state index contributed by atoms with van der Waals surface area (Å²) in [6.07, 6.45) is 0. The number of aliphatic hydroxyl groups excluding tert-OH is 1. The maximum absolute atomic E-state index is 12.2. The van der Waals surface area contributed by atoms with Gasteiger partial charge in [0.05, 0.1) is 6.61 Å². The van der Waals surface area contributed by atoms with Gasteiger partial charge in [0.1, 0.15) is 11.5 Å². The van der Waals surface area contributed by atoms with Gasteiger partial charge in [0.2, 0.25) is 0 Å². The minimum atomic E-state index is -0.180. The molecule has 23 heavy (non-hydrogen) atoms. The van der Waals surface area contributed by atoms with E-state index in [1.807, 2.05) is 61.5 Å². The van der Waals surface area contributed by atoms with Crippen LogP contribution in [0.5, 0.6) is 11.5 Å². The van der Waals surface area contributed by atoms with E-state index < -0.39 is 0 Å². The molecule has 116 valence electrons. The smallest absolute Gasteiger partial charge is 0.189 e. The van der Waals surface area contributed by atoms with E-state index in [0.717, 1.165) is 17.0 Å². The van der Waals surface area contributed by atoms with Crippen LogP contribution in [0.15, 0.2) is 65.5 Å². The van der Waals surface area contributed by atoms with E-state index in [0.29, 0.717) is 17.0 Å². The standard InChI is InChI=1S/C19H17NO3/c1-13-19(18(22)11-15(12-21)20-13)14-7-9-17(10-8-14)23-16-5-3-2-4-6-16/h2-11,21H,12H2,1H3,(H,20,22). The number of nitrogens with one attached hydrogen (secondary N) is 1. The van der Waals surface area contributed by atoms with Crippen molar-refractivity contribution in [2.24, 2.45) is 0 Å². The summed E-state index contributed by atoms with van der Waals surface area (Å²) < 4.78 is 5.75. The van der Waals surface area contributed by atoms with Gasteiger partial charge in [0.25, 0.3) is 0 Å². The Labute approximate surface area is 134 Å². The Morgan fingerprint density at radius 2 is 1.65 bits per heavy atom. The first-order valence-electron chi connectivity index (χ1n) is 7.34. The summed E-state index contributed by atoms with van der Waals surface area (Å²) in [4.78, 5) is 15.3. The van der Waals surface area contributed by atoms with Crippen LogP contribution >= 0.6 is 0 Å². The number of rotatable bonds is 4. The Bertz CT molecular complexity index is 852. The van der Waals surface area contributed by atoms with Crippen molar-refractivity contribution in [3.05, 3.63) is 82.3 Å². The van der Waals surface area contributed by atoms with Crippen LogP contribution in [0.2, 0.25) is 0 Å². The summed E-state index contributed by atoms with van der Waals surface area (Å²) in [6.45, 7) is 1.64. The number of aliphatic hydroxyl groups is 1. The van der Waals surface area contributed by atoms with Crippen LogP contribution < -0.4 is 10.2 Å². The molecule has 3 aromatic rings. The molecule has 0 unspecified atom stereocenters. The van der Waals surface area contributed by atoms with Crippen molar-refractivity contribution < 1.29 is 9.84 Å². The third-order valence-corrected chi connectivity index (χ3v) is 3.57. The number of aryl methyl sites for hydroxylation is 1. The molecule has 0 saturated heterocycles. The van der Waals surface area contributed by atoms with Gasteiger partial charge in [-0.05, 0) is 36.8 Å². The Hall–Kier alpha value is -2.85. The van der Waals surface area contributed by atoms with E-state index in [-0.39, 0.29) is 12.0 Å². The Balaban J connectivity index is 1.90. The first kappa shape index (κ1) is 15.1. The van der Waals surface area contributed by atoms with Gasteiger partial charge in [-0.15, -0.1) is 0 Å². The van der Waals surface area contributed by atoms with Crippen LogP contribution in [0, 0.1) is 6.92 Å². The highest BCUT2D eigenvalue weighted by Gasteiger charge is 2.09. The van der Waals surface area contributed by atoms with Gasteiger partial charge in [-0.25, -0.2) is 0 Å². The number of benzene rings is 2. The number of hydrogen-bond donors (Lipinski definition) is 2. The first-order valence-corrected chi connectivity index (χ1v) is 7.34. The second kappa shape index (κ2) is 6.50. The Morgan fingerprint density at radius 1 is 1.00 bits per heavy atom. The van der Waals surface area contributed by atoms with Crippen molar-refractivity contribution >= 4 is 0 Å². The summed E-state index contributed by atoms with van der Waals surface area (Å²) in [5.41, 5.74) is 2.56. The lowest BCUT2D eigenvalue weighted by atomic mass is 10.0. The molecule has 0 atom stereocenters. The van der Waals surface area contributed by atoms with Crippen molar-refractivity contribution in [1.82, 2.24) is 4.98 Å². The highest BCUT2D eigenvalue weighted by molar-refractivity contribution is 5.66. The molecule has 0 aliphatic carbocycles. The van der Waals surface area contributed by atoms with Gasteiger partial charge in [0, 0.05) is 23.0 Å². The van der Waals surface area contributed by atoms with E-state index in [4.69, 9.17) is 9.84 Å². The zero-order chi connectivity index (χ0) is 16.2. The molecule has 3 rings (SSSR count). The molecule has 0 aliphatic heterocycles. The predicted octanol–water partition coefficient (Wildman–Crippen LogP) is 3.63. The summed E-state index contributed by atoms with van der Waals surface area (Å²) in [5.74, 6) is 1.47. The van der Waals surface area contributed by atoms with Crippen molar-refractivity contribution in [2.75, 3.05) is 0 Å². The summed E-state index contributed by atoms with van der Waals surface area (Å²) in [5, 5.41) is 9.14. The maximum Gasteiger partial charge on any atom is 0.189 e. The third kappa shape index (κ3) is 3.33. The highest BCUT2D eigenvalue weighted by atomic mass is 16.5. The second-order valence-electron chi connectivity index (χ2n) is 5.26. The summed E-state index contributed by atoms with van der Waals surface area (Å²) >= 11 is 0. The zero-order valence-electron chi connectivity index (χ0n) is 12.7. The number of H-pyrrole nitrogens is 1. The van der Waals surface area contributed by atoms with Crippen molar-refractivity contribution in [3.8, 4) is 22.6 Å². The molecular formula is C19H17NO3. The minimum Gasteiger partial charge on any atom is -0.457 e. The fourth-order valence-corrected chi connectivity index (χ4v) is 2.51. The maximum atomic E-state index is 12.2. The molecule has 1 aromatic heterocycles. The predicted molar refractivity (Wildman–Crippen MR) is 89.7 cm³/mol. The monoisotopic (exact) mass is 307 g/mol. The number of hydrogen-bond acceptors (Lipinski definition) is 3. The van der Waals surface area contributed by atoms with Gasteiger partial charge in [0.15, 0.2) is 5.43 Å². The quantitative estimate of drug-likeness (QED) is 0.773. The van der Waals surface area contributed by atoms with Crippen molar-refractivity contribution in [2.45, 2.75) is 13.5 Å². The molecule has 1 heterocycles. The van der Waals surface area contributed by atoms with Crippen LogP contribution in [0.25, 0.3) is 11.1 Å². The van der Waals surface area contributed by atoms with Gasteiger partial charge in [-0.2, -0.15) is 0 Å². The molecule has 0 aliphatic rings. The van der Waals surface area contributed by atoms with Crippen LogP contribution in [-0.4, -0.2) is 10.1 Å². The van der Waals surface area contributed by atoms with E-state index >= 15 is 0 Å². The fraction of sp³-hybridized carbons (Fsp3) is 0.105. The average Bonchev–Trinajstić information content (AvgIpc) is 2.56. The molecule has 2 aromatic carbocycles. The molecule has 4 heteroatoms. The number of para-hydroxylation sites is 1. The summed E-state index contributed by atoms with van der Waals surface area (Å²) in [7, 11) is 0. The van der Waals surface area contributed by atoms with Crippen LogP contribution in [0.1, 0.15) is 11.4 Å². The highest BCUT2D eigenvalue weighted by Crippen LogP contribution is 2.25. The molecular weight excluding hydrogens is 290 g/mol. The minimum absolute atomic E-state index is 0.109. The lowest BCUT2D eigenvalue weighted by molar-refractivity contribution is 0.276. The number of aromatic nitrogens is 1. The van der Waals surface area contributed by atoms with E-state index in [9.17, 15) is 4.79 Å². The van der Waals surface area contributed by atoms with Gasteiger partial charge < -0.3 is 14.8 Å². The van der Waals surface area contributed by atoms with Crippen LogP contribution in [-0.2, 0) is 6.61 Å². The Kier molecular flexibility index (Phi) is 4.26. The molecule has 0 amide bonds. The number of aromatic amines is 1. The SMILES string of the molecule is Cc1[nH]c(CO)cc(=O)c1-c1ccc(Oc2ccccc2)cc1. The molecule has 0 bridgehead atoms. The third-order valence-electron chi connectivity index (χ3n) is 3.57. The normalized spacial score (nSPS) is 10.5. The molecule has 0 radical (unpaired) electrons. The van der Waals surface area contributed by atoms with Gasteiger partial charge >= 0.3 is 0 Å². The Morgan fingerprint density at radius 3 is 2.26 bits per heavy atom. The topological polar surface area (TPSA) is 62.3 Å². The van der Waals surface area contributed by atoms with Crippen molar-refractivity contribution in [1.29, 1.82) is 0 Å². The molecule has 0 fully saturated rings. The van der Waals surface area contributed by atoms with E-state index in [2.05, 4.69) is 4.98 Å². The molecule has 2 N–H and O–H groups in total. The van der Waals surface area contributed by atoms with Crippen LogP contribution in [0.3, 0.4) is 0 Å². The number of pyridine rings is 1. The second-order valence-corrected chi connectivity index (χ2v) is 5.26. The number of ether oxygens (including phenoxy) is 1. The summed E-state index contributed by atoms with van der Waals surface area (Å²) in [6, 6.07) is 18.3. The first-order chi connectivity index (χ1) is 11.2. The van der Waals surface area contributed by atoms with Gasteiger partial charge in [-0.1, -0.05) is 30.3 Å². The van der Waals surface area contributed by atoms with Crippen LogP contribution in [0.4, 0.5) is 0 Å². The largest absolute Gasteiger partial charge is 0.457 e. The zero-order valence-corrected chi connectivity index (χ0v) is 12.7. The molecule has 0 saturated carbocycles. The average molecular weight is 307 g/mol. The van der Waals surface area contributed by atoms with Gasteiger partial charge in [-0.3, -0.25) is 4.79 Å². The van der Waals surface area contributed by atoms with E-state index in [1.165, 1.54) is 6.07 Å². The van der Waals surface area contributed by atoms with Crippen molar-refractivity contribution in [3.63, 3.8) is 0 Å². The molecule has 4 nitrogen and oxygen atoms in total. The lowest BCUT2D eigenvalue weighted by Gasteiger charge is -2.09.